The molecule has 5 rings (SSSR count). The highest BCUT2D eigenvalue weighted by molar-refractivity contribution is 5.85. The maximum Gasteiger partial charge on any atom is 0.207 e. The lowest BCUT2D eigenvalue weighted by Crippen LogP contribution is -2.33. The topological polar surface area (TPSA) is 85.8 Å². The van der Waals surface area contributed by atoms with Crippen molar-refractivity contribution in [2.24, 2.45) is 0 Å². The molecule has 150 valence electrons. The largest absolute Gasteiger partial charge is 0.381 e. The summed E-state index contributed by atoms with van der Waals surface area (Å²) in [6, 6.07) is 10.5. The van der Waals surface area contributed by atoms with Gasteiger partial charge in [0.1, 0.15) is 5.60 Å². The molecule has 3 heterocycles. The molecule has 1 aliphatic carbocycles. The summed E-state index contributed by atoms with van der Waals surface area (Å²) in [6.07, 6.45) is 6.17. The number of pyridine rings is 1. The van der Waals surface area contributed by atoms with E-state index in [1.165, 1.54) is 17.7 Å². The number of fused-ring (bicyclic) bond motifs is 1. The fourth-order valence-electron chi connectivity index (χ4n) is 4.78. The molecule has 1 aromatic carbocycles. The van der Waals surface area contributed by atoms with Crippen molar-refractivity contribution < 1.29 is 9.47 Å². The lowest BCUT2D eigenvalue weighted by Gasteiger charge is -2.32. The Balaban J connectivity index is 1.86. The van der Waals surface area contributed by atoms with E-state index in [1.807, 2.05) is 6.07 Å². The van der Waals surface area contributed by atoms with Crippen molar-refractivity contribution >= 4 is 0 Å². The quantitative estimate of drug-likeness (QED) is 0.717. The smallest absolute Gasteiger partial charge is 0.207 e. The van der Waals surface area contributed by atoms with E-state index in [-0.39, 0.29) is 0 Å². The van der Waals surface area contributed by atoms with E-state index in [0.717, 1.165) is 54.5 Å². The number of hydrogen-bond acceptors (Lipinski definition) is 6. The molecule has 2 aliphatic rings. The number of ether oxygens (including phenoxy) is 2. The summed E-state index contributed by atoms with van der Waals surface area (Å²) in [4.78, 5) is 5.20. The average Bonchev–Trinajstić information content (AvgIpc) is 3.46. The number of rotatable bonds is 5. The van der Waals surface area contributed by atoms with Crippen LogP contribution < -0.4 is 0 Å². The second-order valence-electron chi connectivity index (χ2n) is 7.82. The molecule has 7 heteroatoms. The molecule has 1 saturated heterocycles. The summed E-state index contributed by atoms with van der Waals surface area (Å²) in [5.74, 6) is 0.561. The summed E-state index contributed by atoms with van der Waals surface area (Å²) in [5, 5.41) is 15.2. The second-order valence-corrected chi connectivity index (χ2v) is 7.82. The number of aromatic nitrogens is 5. The van der Waals surface area contributed by atoms with Gasteiger partial charge < -0.3 is 9.47 Å². The first-order valence-electron chi connectivity index (χ1n) is 10.3. The van der Waals surface area contributed by atoms with Crippen LogP contribution in [-0.4, -0.2) is 45.9 Å². The van der Waals surface area contributed by atoms with E-state index in [0.29, 0.717) is 19.0 Å². The van der Waals surface area contributed by atoms with Crippen LogP contribution in [0.4, 0.5) is 0 Å². The third-order valence-electron chi connectivity index (χ3n) is 6.02. The zero-order chi connectivity index (χ0) is 19.7. The summed E-state index contributed by atoms with van der Waals surface area (Å²) in [5.41, 5.74) is 6.01. The van der Waals surface area contributed by atoms with E-state index in [4.69, 9.17) is 14.5 Å². The molecule has 7 nitrogen and oxygen atoms in total. The van der Waals surface area contributed by atoms with E-state index in [9.17, 15) is 0 Å². The van der Waals surface area contributed by atoms with Gasteiger partial charge in [0.15, 0.2) is 0 Å². The Labute approximate surface area is 169 Å². The summed E-state index contributed by atoms with van der Waals surface area (Å²) in [6.45, 7) is 1.16. The molecule has 1 fully saturated rings. The van der Waals surface area contributed by atoms with E-state index < -0.39 is 5.60 Å². The molecule has 2 aromatic heterocycles. The lowest BCUT2D eigenvalue weighted by atomic mass is 9.81. The van der Waals surface area contributed by atoms with Crippen LogP contribution in [0.15, 0.2) is 30.3 Å². The van der Waals surface area contributed by atoms with Crippen molar-refractivity contribution in [1.29, 1.82) is 0 Å². The fourth-order valence-corrected chi connectivity index (χ4v) is 4.78. The highest BCUT2D eigenvalue weighted by Gasteiger charge is 2.43. The number of hydrogen-bond donors (Lipinski definition) is 1. The Kier molecular flexibility index (Phi) is 4.85. The first kappa shape index (κ1) is 18.4. The number of aromatic amines is 1. The molecule has 0 spiro atoms. The zero-order valence-electron chi connectivity index (χ0n) is 16.6. The van der Waals surface area contributed by atoms with E-state index >= 15 is 0 Å². The third kappa shape index (κ3) is 3.14. The SMILES string of the molecule is COC[C@@]1(c2nc3c(c(-c4ccccc4)c2-c2nn[nH]n2)CCCC3)CCCO1. The number of nitrogens with one attached hydrogen (secondary N) is 1. The molecule has 0 unspecified atom stereocenters. The fraction of sp³-hybridized carbons (Fsp3) is 0.455. The molecule has 1 N–H and O–H groups in total. The Morgan fingerprint density at radius 1 is 1.10 bits per heavy atom. The van der Waals surface area contributed by atoms with Crippen LogP contribution in [0, 0.1) is 0 Å². The van der Waals surface area contributed by atoms with Gasteiger partial charge in [-0.05, 0) is 60.4 Å². The van der Waals surface area contributed by atoms with Crippen molar-refractivity contribution in [3.05, 3.63) is 47.3 Å². The molecule has 1 aliphatic heterocycles. The van der Waals surface area contributed by atoms with Gasteiger partial charge in [-0.3, -0.25) is 4.98 Å². The Morgan fingerprint density at radius 2 is 1.97 bits per heavy atom. The molecule has 3 aromatic rings. The highest BCUT2D eigenvalue weighted by atomic mass is 16.5. The number of aryl methyl sites for hydroxylation is 1. The van der Waals surface area contributed by atoms with E-state index in [1.54, 1.807) is 7.11 Å². The predicted octanol–water partition coefficient (Wildman–Crippen LogP) is 3.46. The highest BCUT2D eigenvalue weighted by Crippen LogP contribution is 2.46. The van der Waals surface area contributed by atoms with Crippen LogP contribution in [0.5, 0.6) is 0 Å². The van der Waals surface area contributed by atoms with Crippen molar-refractivity contribution in [3.8, 4) is 22.5 Å². The van der Waals surface area contributed by atoms with Gasteiger partial charge in [0.05, 0.1) is 17.9 Å². The van der Waals surface area contributed by atoms with Gasteiger partial charge in [-0.15, -0.1) is 10.2 Å². The van der Waals surface area contributed by atoms with Crippen LogP contribution in [0.25, 0.3) is 22.5 Å². The average molecular weight is 391 g/mol. The van der Waals surface area contributed by atoms with Crippen molar-refractivity contribution in [2.75, 3.05) is 20.3 Å². The minimum Gasteiger partial charge on any atom is -0.381 e. The molecule has 0 bridgehead atoms. The number of tetrazole rings is 1. The normalized spacial score (nSPS) is 21.3. The van der Waals surface area contributed by atoms with Crippen molar-refractivity contribution in [1.82, 2.24) is 25.6 Å². The zero-order valence-corrected chi connectivity index (χ0v) is 16.6. The molecule has 29 heavy (non-hydrogen) atoms. The van der Waals surface area contributed by atoms with Crippen LogP contribution >= 0.6 is 0 Å². The molecule has 0 saturated carbocycles. The first-order chi connectivity index (χ1) is 14.3. The number of methoxy groups -OCH3 is 1. The van der Waals surface area contributed by atoms with Crippen molar-refractivity contribution in [2.45, 2.75) is 44.1 Å². The minimum absolute atomic E-state index is 0.456. The molecular formula is C22H25N5O2. The Morgan fingerprint density at radius 3 is 2.69 bits per heavy atom. The van der Waals surface area contributed by atoms with E-state index in [2.05, 4.69) is 44.9 Å². The van der Waals surface area contributed by atoms with Gasteiger partial charge >= 0.3 is 0 Å². The summed E-state index contributed by atoms with van der Waals surface area (Å²) in [7, 11) is 1.72. The monoisotopic (exact) mass is 391 g/mol. The van der Waals surface area contributed by atoms with Crippen LogP contribution in [0.1, 0.15) is 42.6 Å². The number of nitrogens with zero attached hydrogens (tertiary/aromatic N) is 4. The molecule has 0 amide bonds. The van der Waals surface area contributed by atoms with Gasteiger partial charge in [-0.25, -0.2) is 0 Å². The standard InChI is InChI=1S/C22H25N5O2/c1-28-14-22(12-7-13-29-22)20-19(21-24-26-27-25-21)18(15-8-3-2-4-9-15)16-10-5-6-11-17(16)23-20/h2-4,8-9H,5-7,10-14H2,1H3,(H,24,25,26,27)/t22-/m1/s1. The molecule has 1 atom stereocenters. The van der Waals surface area contributed by atoms with Crippen LogP contribution in [0.3, 0.4) is 0 Å². The summed E-state index contributed by atoms with van der Waals surface area (Å²) >= 11 is 0. The van der Waals surface area contributed by atoms with Crippen LogP contribution in [-0.2, 0) is 27.9 Å². The van der Waals surface area contributed by atoms with Crippen LogP contribution in [0.2, 0.25) is 0 Å². The van der Waals surface area contributed by atoms with Gasteiger partial charge in [-0.2, -0.15) is 5.21 Å². The molecule has 0 radical (unpaired) electrons. The second kappa shape index (κ2) is 7.65. The predicted molar refractivity (Wildman–Crippen MR) is 108 cm³/mol. The lowest BCUT2D eigenvalue weighted by molar-refractivity contribution is -0.0586. The van der Waals surface area contributed by atoms with Gasteiger partial charge in [0.2, 0.25) is 5.82 Å². The van der Waals surface area contributed by atoms with Gasteiger partial charge in [0.25, 0.3) is 0 Å². The maximum absolute atomic E-state index is 6.31. The minimum atomic E-state index is -0.583. The third-order valence-corrected chi connectivity index (χ3v) is 6.02. The Hall–Kier alpha value is -2.64. The maximum atomic E-state index is 6.31. The Bertz CT molecular complexity index is 982. The van der Waals surface area contributed by atoms with Crippen molar-refractivity contribution in [3.63, 3.8) is 0 Å². The van der Waals surface area contributed by atoms with Gasteiger partial charge in [0, 0.05) is 19.4 Å². The number of benzene rings is 1. The van der Waals surface area contributed by atoms with Gasteiger partial charge in [-0.1, -0.05) is 30.3 Å². The number of H-pyrrole nitrogens is 1. The molecular weight excluding hydrogens is 366 g/mol. The summed E-state index contributed by atoms with van der Waals surface area (Å²) < 4.78 is 11.9. The first-order valence-corrected chi connectivity index (χ1v) is 10.3.